The summed E-state index contributed by atoms with van der Waals surface area (Å²) in [7, 11) is 0. The van der Waals surface area contributed by atoms with Crippen LogP contribution < -0.4 is 10.1 Å². The van der Waals surface area contributed by atoms with Gasteiger partial charge in [-0.25, -0.2) is 4.79 Å². The molecule has 2 amide bonds. The first-order valence-electron chi connectivity index (χ1n) is 14.3. The number of likely N-dealkylation sites (tertiary alicyclic amines) is 1. The molecule has 0 atom stereocenters. The van der Waals surface area contributed by atoms with E-state index >= 15 is 0 Å². The molecule has 7 heteroatoms. The molecule has 1 saturated heterocycles. The molecule has 0 radical (unpaired) electrons. The number of amides is 2. The second kappa shape index (κ2) is 13.2. The lowest BCUT2D eigenvalue weighted by molar-refractivity contribution is -0.136. The van der Waals surface area contributed by atoms with E-state index < -0.39 is 17.1 Å². The third kappa shape index (κ3) is 6.84. The van der Waals surface area contributed by atoms with Crippen LogP contribution in [0.4, 0.5) is 4.79 Å². The number of aliphatic hydroxyl groups is 1. The number of benzene rings is 4. The minimum atomic E-state index is -0.984. The van der Waals surface area contributed by atoms with Crippen molar-refractivity contribution in [3.05, 3.63) is 137 Å². The molecule has 216 valence electrons. The third-order valence-electron chi connectivity index (χ3n) is 8.23. The molecule has 0 aromatic heterocycles. The van der Waals surface area contributed by atoms with E-state index in [1.807, 2.05) is 95.9 Å². The van der Waals surface area contributed by atoms with Crippen LogP contribution in [0.25, 0.3) is 0 Å². The molecule has 1 fully saturated rings. The molecule has 0 aliphatic carbocycles. The maximum atomic E-state index is 13.6. The van der Waals surface area contributed by atoms with Crippen molar-refractivity contribution in [1.29, 1.82) is 0 Å². The fourth-order valence-electron chi connectivity index (χ4n) is 5.77. The lowest BCUT2D eigenvalue weighted by Gasteiger charge is -2.40. The SMILES string of the molecule is O=C(NCC(CCC(=O)N1CCC(O)(c2ccc(Cl)cc2)CC1)(c1ccccc1)c1ccccc1)Oc1ccccc1. The lowest BCUT2D eigenvalue weighted by atomic mass is 9.71. The maximum absolute atomic E-state index is 13.6. The van der Waals surface area contributed by atoms with E-state index in [1.165, 1.54) is 0 Å². The largest absolute Gasteiger partial charge is 0.412 e. The molecule has 1 aliphatic rings. The van der Waals surface area contributed by atoms with Crippen LogP contribution in [0.5, 0.6) is 5.75 Å². The van der Waals surface area contributed by atoms with Crippen LogP contribution in [0, 0.1) is 0 Å². The number of carbonyl (C=O) groups is 2. The Kier molecular flexibility index (Phi) is 9.25. The molecule has 1 heterocycles. The average molecular weight is 583 g/mol. The van der Waals surface area contributed by atoms with Crippen LogP contribution in [-0.4, -0.2) is 41.6 Å². The van der Waals surface area contributed by atoms with Crippen LogP contribution in [0.2, 0.25) is 5.02 Å². The summed E-state index contributed by atoms with van der Waals surface area (Å²) in [6, 6.07) is 36.1. The van der Waals surface area contributed by atoms with E-state index in [0.29, 0.717) is 43.1 Å². The minimum absolute atomic E-state index is 0.0243. The Morgan fingerprint density at radius 3 is 1.88 bits per heavy atom. The topological polar surface area (TPSA) is 78.9 Å². The highest BCUT2D eigenvalue weighted by Crippen LogP contribution is 2.38. The fraction of sp³-hybridized carbons (Fsp3) is 0.257. The van der Waals surface area contributed by atoms with Crippen LogP contribution in [0.1, 0.15) is 42.4 Å². The predicted octanol–water partition coefficient (Wildman–Crippen LogP) is 6.71. The second-order valence-electron chi connectivity index (χ2n) is 10.8. The monoisotopic (exact) mass is 582 g/mol. The second-order valence-corrected chi connectivity index (χ2v) is 11.2. The van der Waals surface area contributed by atoms with Crippen molar-refractivity contribution < 1.29 is 19.4 Å². The van der Waals surface area contributed by atoms with Gasteiger partial charge < -0.3 is 20.1 Å². The van der Waals surface area contributed by atoms with Crippen LogP contribution in [0.3, 0.4) is 0 Å². The van der Waals surface area contributed by atoms with Crippen molar-refractivity contribution in [3.8, 4) is 5.75 Å². The first-order valence-corrected chi connectivity index (χ1v) is 14.6. The molecular weight excluding hydrogens is 548 g/mol. The smallest absolute Gasteiger partial charge is 0.410 e. The summed E-state index contributed by atoms with van der Waals surface area (Å²) in [5.41, 5.74) is 1.16. The summed E-state index contributed by atoms with van der Waals surface area (Å²) in [6.07, 6.45) is 1.11. The van der Waals surface area contributed by atoms with E-state index in [2.05, 4.69) is 5.32 Å². The van der Waals surface area contributed by atoms with Crippen molar-refractivity contribution in [3.63, 3.8) is 0 Å². The highest BCUT2D eigenvalue weighted by atomic mass is 35.5. The zero-order valence-electron chi connectivity index (χ0n) is 23.4. The van der Waals surface area contributed by atoms with Gasteiger partial charge in [0.05, 0.1) is 5.60 Å². The number of piperidine rings is 1. The Hall–Kier alpha value is -4.13. The Labute approximate surface area is 251 Å². The molecule has 1 aliphatic heterocycles. The zero-order valence-corrected chi connectivity index (χ0v) is 24.2. The molecule has 0 spiro atoms. The van der Waals surface area contributed by atoms with E-state index in [1.54, 1.807) is 24.3 Å². The number of halogens is 1. The van der Waals surface area contributed by atoms with Gasteiger partial charge in [-0.05, 0) is 60.2 Å². The van der Waals surface area contributed by atoms with Gasteiger partial charge in [0.1, 0.15) is 5.75 Å². The maximum Gasteiger partial charge on any atom is 0.412 e. The Morgan fingerprint density at radius 1 is 0.810 bits per heavy atom. The molecule has 0 bridgehead atoms. The molecule has 4 aromatic carbocycles. The number of nitrogens with zero attached hydrogens (tertiary/aromatic N) is 1. The highest BCUT2D eigenvalue weighted by Gasteiger charge is 2.38. The van der Waals surface area contributed by atoms with Gasteiger partial charge in [-0.2, -0.15) is 0 Å². The van der Waals surface area contributed by atoms with Crippen LogP contribution >= 0.6 is 11.6 Å². The number of nitrogens with one attached hydrogen (secondary N) is 1. The molecule has 0 unspecified atom stereocenters. The number of rotatable bonds is 9. The van der Waals surface area contributed by atoms with Gasteiger partial charge in [-0.15, -0.1) is 0 Å². The van der Waals surface area contributed by atoms with Gasteiger partial charge in [0, 0.05) is 36.5 Å². The number of para-hydroxylation sites is 1. The number of ether oxygens (including phenoxy) is 1. The Morgan fingerprint density at radius 2 is 1.33 bits per heavy atom. The first kappa shape index (κ1) is 29.4. The summed E-state index contributed by atoms with van der Waals surface area (Å²) in [4.78, 5) is 28.3. The van der Waals surface area contributed by atoms with Crippen molar-refractivity contribution in [2.75, 3.05) is 19.6 Å². The molecular formula is C35H35ClN2O4. The van der Waals surface area contributed by atoms with Crippen molar-refractivity contribution >= 4 is 23.6 Å². The van der Waals surface area contributed by atoms with Crippen molar-refractivity contribution in [1.82, 2.24) is 10.2 Å². The average Bonchev–Trinajstić information content (AvgIpc) is 3.03. The normalized spacial score (nSPS) is 14.7. The molecule has 42 heavy (non-hydrogen) atoms. The molecule has 0 saturated carbocycles. The van der Waals surface area contributed by atoms with Crippen LogP contribution in [0.15, 0.2) is 115 Å². The van der Waals surface area contributed by atoms with E-state index in [-0.39, 0.29) is 18.9 Å². The number of hydrogen-bond donors (Lipinski definition) is 2. The van der Waals surface area contributed by atoms with Gasteiger partial charge >= 0.3 is 6.09 Å². The van der Waals surface area contributed by atoms with Gasteiger partial charge in [0.15, 0.2) is 0 Å². The Bertz CT molecular complexity index is 1420. The molecule has 5 rings (SSSR count). The van der Waals surface area contributed by atoms with Crippen molar-refractivity contribution in [2.24, 2.45) is 0 Å². The van der Waals surface area contributed by atoms with E-state index in [9.17, 15) is 14.7 Å². The summed E-state index contributed by atoms with van der Waals surface area (Å²) in [5, 5.41) is 14.9. The molecule has 2 N–H and O–H groups in total. The summed E-state index contributed by atoms with van der Waals surface area (Å²) in [6.45, 7) is 1.17. The van der Waals surface area contributed by atoms with Gasteiger partial charge in [0.25, 0.3) is 0 Å². The van der Waals surface area contributed by atoms with E-state index in [0.717, 1.165) is 16.7 Å². The quantitative estimate of drug-likeness (QED) is 0.230. The first-order chi connectivity index (χ1) is 20.4. The zero-order chi connectivity index (χ0) is 29.4. The summed E-state index contributed by atoms with van der Waals surface area (Å²) < 4.78 is 5.51. The van der Waals surface area contributed by atoms with Crippen LogP contribution in [-0.2, 0) is 15.8 Å². The van der Waals surface area contributed by atoms with Crippen molar-refractivity contribution in [2.45, 2.75) is 36.7 Å². The number of hydrogen-bond acceptors (Lipinski definition) is 4. The molecule has 4 aromatic rings. The van der Waals surface area contributed by atoms with Gasteiger partial charge in [-0.1, -0.05) is 103 Å². The number of carbonyl (C=O) groups excluding carboxylic acids is 2. The standard InChI is InChI=1S/C35H35ClN2O4/c36-30-18-16-29(17-19-30)35(41)22-24-38(25-23-35)32(39)20-21-34(27-10-4-1-5-11-27,28-12-6-2-7-13-28)26-37-33(40)42-31-14-8-3-9-15-31/h1-19,41H,20-26H2,(H,37,40). The fourth-order valence-corrected chi connectivity index (χ4v) is 5.90. The summed E-state index contributed by atoms with van der Waals surface area (Å²) in [5.74, 6) is 0.482. The highest BCUT2D eigenvalue weighted by molar-refractivity contribution is 6.30. The van der Waals surface area contributed by atoms with Gasteiger partial charge in [0.2, 0.25) is 5.91 Å². The molecule has 6 nitrogen and oxygen atoms in total. The van der Waals surface area contributed by atoms with E-state index in [4.69, 9.17) is 16.3 Å². The Balaban J connectivity index is 1.33. The third-order valence-corrected chi connectivity index (χ3v) is 8.48. The predicted molar refractivity (Wildman–Crippen MR) is 165 cm³/mol. The minimum Gasteiger partial charge on any atom is -0.410 e. The lowest BCUT2D eigenvalue weighted by Crippen LogP contribution is -2.46. The van der Waals surface area contributed by atoms with Gasteiger partial charge in [-0.3, -0.25) is 4.79 Å². The summed E-state index contributed by atoms with van der Waals surface area (Å²) >= 11 is 6.03.